The summed E-state index contributed by atoms with van der Waals surface area (Å²) < 4.78 is 46.1. The van der Waals surface area contributed by atoms with E-state index in [9.17, 15) is 17.6 Å². The lowest BCUT2D eigenvalue weighted by molar-refractivity contribution is -0.0310. The molecule has 0 aliphatic carbocycles. The molecular weight excluding hydrogens is 183 g/mol. The summed E-state index contributed by atoms with van der Waals surface area (Å²) in [5, 5.41) is -8.14. The van der Waals surface area contributed by atoms with E-state index < -0.39 is 17.2 Å². The van der Waals surface area contributed by atoms with Crippen LogP contribution in [0.15, 0.2) is 0 Å². The Hall–Kier alpha value is 0.300. The predicted octanol–water partition coefficient (Wildman–Crippen LogP) is 2.69. The van der Waals surface area contributed by atoms with Gasteiger partial charge in [0.2, 0.25) is 0 Å². The van der Waals surface area contributed by atoms with E-state index in [-0.39, 0.29) is 0 Å². The Morgan fingerprint density at radius 3 is 1.44 bits per heavy atom. The summed E-state index contributed by atoms with van der Waals surface area (Å²) in [5.41, 5.74) is 0. The molecule has 0 heterocycles. The first-order valence-electron chi connectivity index (χ1n) is 1.82. The Balaban J connectivity index is 4.14. The van der Waals surface area contributed by atoms with E-state index in [1.54, 1.807) is 0 Å². The van der Waals surface area contributed by atoms with Crippen LogP contribution in [0.1, 0.15) is 0 Å². The van der Waals surface area contributed by atoms with Gasteiger partial charge < -0.3 is 0 Å². The topological polar surface area (TPSA) is 0 Å². The lowest BCUT2D eigenvalue weighted by atomic mass is 10.4. The maximum absolute atomic E-state index is 11.8. The second-order valence-electron chi connectivity index (χ2n) is 1.34. The molecule has 0 N–H and O–H groups in total. The van der Waals surface area contributed by atoms with Crippen molar-refractivity contribution in [3.05, 3.63) is 0 Å². The van der Waals surface area contributed by atoms with Gasteiger partial charge in [0, 0.05) is 0 Å². The number of rotatable bonds is 2. The Bertz CT molecular complexity index is 96.5. The van der Waals surface area contributed by atoms with Crippen LogP contribution in [-0.2, 0) is 0 Å². The summed E-state index contributed by atoms with van der Waals surface area (Å²) in [6.45, 7) is -2.02. The zero-order valence-electron chi connectivity index (χ0n) is 3.97. The van der Waals surface area contributed by atoms with Gasteiger partial charge in [-0.05, 0) is 11.6 Å². The molecule has 0 saturated carbocycles. The summed E-state index contributed by atoms with van der Waals surface area (Å²) in [7, 11) is 0. The highest BCUT2D eigenvalue weighted by Crippen LogP contribution is 2.39. The molecule has 9 heavy (non-hydrogen) atoms. The molecule has 0 fully saturated rings. The molecule has 6 heteroatoms. The van der Waals surface area contributed by atoms with Crippen LogP contribution in [0.2, 0.25) is 0 Å². The highest BCUT2D eigenvalue weighted by molar-refractivity contribution is 6.32. The Morgan fingerprint density at radius 1 is 1.11 bits per heavy atom. The molecule has 0 nitrogen and oxygen atoms in total. The lowest BCUT2D eigenvalue weighted by Crippen LogP contribution is -2.36. The fourth-order valence-corrected chi connectivity index (χ4v) is 0.126. The summed E-state index contributed by atoms with van der Waals surface area (Å²) in [4.78, 5) is 0. The molecular formula is C3H2Cl2F4. The van der Waals surface area contributed by atoms with Crippen LogP contribution in [0.4, 0.5) is 17.6 Å². The molecule has 0 amide bonds. The predicted molar refractivity (Wildman–Crippen MR) is 26.5 cm³/mol. The van der Waals surface area contributed by atoms with Crippen molar-refractivity contribution in [3.8, 4) is 0 Å². The highest BCUT2D eigenvalue weighted by atomic mass is 35.5. The van der Waals surface area contributed by atoms with Crippen LogP contribution in [-0.4, -0.2) is 17.2 Å². The van der Waals surface area contributed by atoms with Crippen molar-refractivity contribution in [2.45, 2.75) is 10.5 Å². The van der Waals surface area contributed by atoms with Gasteiger partial charge in [0.25, 0.3) is 5.13 Å². The van der Waals surface area contributed by atoms with Crippen molar-refractivity contribution >= 4 is 23.2 Å². The van der Waals surface area contributed by atoms with E-state index in [1.807, 2.05) is 0 Å². The van der Waals surface area contributed by atoms with Gasteiger partial charge in [-0.1, -0.05) is 11.6 Å². The minimum Gasteiger partial charge on any atom is -0.246 e. The molecule has 56 valence electrons. The van der Waals surface area contributed by atoms with E-state index in [0.29, 0.717) is 0 Å². The van der Waals surface area contributed by atoms with Gasteiger partial charge in [-0.2, -0.15) is 8.78 Å². The maximum Gasteiger partial charge on any atom is 0.371 e. The van der Waals surface area contributed by atoms with Gasteiger partial charge in [0.1, 0.15) is 6.67 Å². The van der Waals surface area contributed by atoms with Gasteiger partial charge >= 0.3 is 5.38 Å². The van der Waals surface area contributed by atoms with Crippen molar-refractivity contribution in [1.82, 2.24) is 0 Å². The fraction of sp³-hybridized carbons (Fsp3) is 1.00. The number of alkyl halides is 6. The lowest BCUT2D eigenvalue weighted by Gasteiger charge is -2.18. The standard InChI is InChI=1S/C3H2Cl2F4/c4-2(7,1-6)3(5,8)9/h1H2. The number of halogens is 6. The molecule has 0 aromatic rings. The van der Waals surface area contributed by atoms with E-state index in [1.165, 1.54) is 0 Å². The third-order valence-electron chi connectivity index (χ3n) is 0.583. The van der Waals surface area contributed by atoms with Crippen molar-refractivity contribution in [2.75, 3.05) is 6.67 Å². The largest absolute Gasteiger partial charge is 0.371 e. The summed E-state index contributed by atoms with van der Waals surface area (Å²) >= 11 is 8.32. The highest BCUT2D eigenvalue weighted by Gasteiger charge is 2.52. The number of hydrogen-bond acceptors (Lipinski definition) is 0. The quantitative estimate of drug-likeness (QED) is 0.458. The minimum absolute atomic E-state index is 2.02. The average Bonchev–Trinajstić information content (AvgIpc) is 1.64. The van der Waals surface area contributed by atoms with Crippen LogP contribution in [0.25, 0.3) is 0 Å². The average molecular weight is 185 g/mol. The van der Waals surface area contributed by atoms with E-state index in [4.69, 9.17) is 0 Å². The SMILES string of the molecule is FCC(F)(Cl)C(F)(F)Cl. The van der Waals surface area contributed by atoms with Crippen LogP contribution in [0.3, 0.4) is 0 Å². The Morgan fingerprint density at radius 2 is 1.44 bits per heavy atom. The van der Waals surface area contributed by atoms with Crippen molar-refractivity contribution in [3.63, 3.8) is 0 Å². The summed E-state index contributed by atoms with van der Waals surface area (Å²) in [6, 6.07) is 0. The monoisotopic (exact) mass is 184 g/mol. The van der Waals surface area contributed by atoms with Crippen LogP contribution >= 0.6 is 23.2 Å². The first-order valence-corrected chi connectivity index (χ1v) is 2.57. The Kier molecular flexibility index (Phi) is 2.58. The molecule has 0 spiro atoms. The molecule has 0 bridgehead atoms. The maximum atomic E-state index is 11.8. The molecule has 0 aromatic heterocycles. The van der Waals surface area contributed by atoms with Crippen LogP contribution < -0.4 is 0 Å². The van der Waals surface area contributed by atoms with Gasteiger partial charge in [-0.3, -0.25) is 0 Å². The molecule has 0 aliphatic rings. The summed E-state index contributed by atoms with van der Waals surface area (Å²) in [5.74, 6) is 0. The number of hydrogen-bond donors (Lipinski definition) is 0. The van der Waals surface area contributed by atoms with E-state index in [0.717, 1.165) is 0 Å². The molecule has 1 atom stereocenters. The van der Waals surface area contributed by atoms with Crippen molar-refractivity contribution in [1.29, 1.82) is 0 Å². The van der Waals surface area contributed by atoms with Gasteiger partial charge in [-0.25, -0.2) is 8.78 Å². The molecule has 0 rings (SSSR count). The van der Waals surface area contributed by atoms with E-state index in [2.05, 4.69) is 23.2 Å². The zero-order chi connectivity index (χ0) is 7.71. The van der Waals surface area contributed by atoms with Gasteiger partial charge in [0.15, 0.2) is 0 Å². The first kappa shape index (κ1) is 9.30. The van der Waals surface area contributed by atoms with E-state index >= 15 is 0 Å². The normalized spacial score (nSPS) is 19.3. The van der Waals surface area contributed by atoms with Gasteiger partial charge in [0.05, 0.1) is 0 Å². The molecule has 0 radical (unpaired) electrons. The minimum atomic E-state index is -4.36. The van der Waals surface area contributed by atoms with Crippen LogP contribution in [0.5, 0.6) is 0 Å². The Labute approximate surface area is 58.7 Å². The van der Waals surface area contributed by atoms with Gasteiger partial charge in [-0.15, -0.1) is 0 Å². The van der Waals surface area contributed by atoms with Crippen molar-refractivity contribution < 1.29 is 17.6 Å². The zero-order valence-corrected chi connectivity index (χ0v) is 5.49. The fourth-order valence-electron chi connectivity index (χ4n) is 0.0758. The summed E-state index contributed by atoms with van der Waals surface area (Å²) in [6.07, 6.45) is 0. The van der Waals surface area contributed by atoms with Crippen LogP contribution in [0, 0.1) is 0 Å². The third kappa shape index (κ3) is 2.18. The van der Waals surface area contributed by atoms with Crippen molar-refractivity contribution in [2.24, 2.45) is 0 Å². The second kappa shape index (κ2) is 2.50. The molecule has 0 aromatic carbocycles. The molecule has 1 unspecified atom stereocenters. The molecule has 0 saturated heterocycles. The second-order valence-corrected chi connectivity index (χ2v) is 2.41. The third-order valence-corrected chi connectivity index (χ3v) is 1.32. The molecule has 0 aliphatic heterocycles. The first-order chi connectivity index (χ1) is 3.81. The smallest absolute Gasteiger partial charge is 0.246 e.